The van der Waals surface area contributed by atoms with Gasteiger partial charge in [-0.3, -0.25) is 9.59 Å². The second-order valence-electron chi connectivity index (χ2n) is 6.82. The zero-order valence-corrected chi connectivity index (χ0v) is 13.6. The molecule has 2 amide bonds. The van der Waals surface area contributed by atoms with Gasteiger partial charge in [-0.1, -0.05) is 39.0 Å². The number of nitrogens with zero attached hydrogens (tertiary/aromatic N) is 2. The van der Waals surface area contributed by atoms with E-state index in [0.29, 0.717) is 31.3 Å². The first kappa shape index (κ1) is 16.3. The van der Waals surface area contributed by atoms with Crippen molar-refractivity contribution in [2.24, 2.45) is 11.8 Å². The topological polar surface area (TPSA) is 40.6 Å². The molecule has 0 radical (unpaired) electrons. The maximum absolute atomic E-state index is 12.5. The fourth-order valence-corrected chi connectivity index (χ4v) is 3.76. The minimum absolute atomic E-state index is 0.125. The van der Waals surface area contributed by atoms with Crippen LogP contribution in [0, 0.1) is 11.8 Å². The van der Waals surface area contributed by atoms with Crippen molar-refractivity contribution >= 4 is 11.8 Å². The molecule has 0 aromatic heterocycles. The van der Waals surface area contributed by atoms with Gasteiger partial charge in [0.2, 0.25) is 11.8 Å². The Balaban J connectivity index is 1.80. The molecule has 0 spiro atoms. The summed E-state index contributed by atoms with van der Waals surface area (Å²) in [5.41, 5.74) is 0. The maximum Gasteiger partial charge on any atom is 0.222 e. The molecule has 1 saturated carbocycles. The van der Waals surface area contributed by atoms with E-state index in [9.17, 15) is 9.59 Å². The average molecular weight is 294 g/mol. The van der Waals surface area contributed by atoms with Crippen LogP contribution in [0.5, 0.6) is 0 Å². The van der Waals surface area contributed by atoms with E-state index in [0.717, 1.165) is 25.4 Å². The van der Waals surface area contributed by atoms with Crippen LogP contribution in [0.1, 0.15) is 58.8 Å². The molecule has 1 unspecified atom stereocenters. The van der Waals surface area contributed by atoms with Crippen LogP contribution in [0.2, 0.25) is 0 Å². The van der Waals surface area contributed by atoms with Gasteiger partial charge in [-0.05, 0) is 18.3 Å². The summed E-state index contributed by atoms with van der Waals surface area (Å²) < 4.78 is 0. The smallest absolute Gasteiger partial charge is 0.222 e. The van der Waals surface area contributed by atoms with Crippen LogP contribution in [0.25, 0.3) is 0 Å². The molecule has 1 aliphatic heterocycles. The van der Waals surface area contributed by atoms with Crippen molar-refractivity contribution < 1.29 is 9.59 Å². The summed E-state index contributed by atoms with van der Waals surface area (Å²) in [7, 11) is 0. The maximum atomic E-state index is 12.5. The van der Waals surface area contributed by atoms with Gasteiger partial charge >= 0.3 is 0 Å². The Morgan fingerprint density at radius 1 is 0.952 bits per heavy atom. The Bertz CT molecular complexity index is 364. The predicted molar refractivity (Wildman–Crippen MR) is 83.8 cm³/mol. The van der Waals surface area contributed by atoms with Crippen molar-refractivity contribution in [3.05, 3.63) is 0 Å². The Hall–Kier alpha value is -1.06. The zero-order chi connectivity index (χ0) is 15.2. The molecular weight excluding hydrogens is 264 g/mol. The van der Waals surface area contributed by atoms with Gasteiger partial charge in [-0.15, -0.1) is 0 Å². The molecule has 0 aromatic carbocycles. The van der Waals surface area contributed by atoms with Gasteiger partial charge in [0.05, 0.1) is 0 Å². The van der Waals surface area contributed by atoms with E-state index in [1.807, 2.05) is 9.80 Å². The minimum atomic E-state index is 0.125. The third-order valence-electron chi connectivity index (χ3n) is 5.25. The number of carbonyl (C=O) groups is 2. The average Bonchev–Trinajstić information content (AvgIpc) is 2.74. The summed E-state index contributed by atoms with van der Waals surface area (Å²) in [5, 5.41) is 0. The highest BCUT2D eigenvalue weighted by atomic mass is 16.2. The lowest BCUT2D eigenvalue weighted by Crippen LogP contribution is -2.37. The van der Waals surface area contributed by atoms with Crippen LogP contribution >= 0.6 is 0 Å². The molecule has 120 valence electrons. The SMILES string of the molecule is CC(=O)N1CCCN(C(=O)CC(C)C2CCCCC2)CC1. The highest BCUT2D eigenvalue weighted by Gasteiger charge is 2.25. The summed E-state index contributed by atoms with van der Waals surface area (Å²) in [6.45, 7) is 6.85. The van der Waals surface area contributed by atoms with Crippen LogP contribution in [0.15, 0.2) is 0 Å². The minimum Gasteiger partial charge on any atom is -0.341 e. The summed E-state index contributed by atoms with van der Waals surface area (Å²) in [4.78, 5) is 27.8. The van der Waals surface area contributed by atoms with Crippen LogP contribution in [-0.4, -0.2) is 47.8 Å². The van der Waals surface area contributed by atoms with Gasteiger partial charge < -0.3 is 9.80 Å². The first-order valence-corrected chi connectivity index (χ1v) is 8.61. The molecule has 4 heteroatoms. The first-order chi connectivity index (χ1) is 10.1. The monoisotopic (exact) mass is 294 g/mol. The quantitative estimate of drug-likeness (QED) is 0.803. The van der Waals surface area contributed by atoms with E-state index in [-0.39, 0.29) is 5.91 Å². The summed E-state index contributed by atoms with van der Waals surface area (Å²) in [6.07, 6.45) is 8.22. The largest absolute Gasteiger partial charge is 0.341 e. The van der Waals surface area contributed by atoms with Crippen molar-refractivity contribution in [2.45, 2.75) is 58.8 Å². The summed E-state index contributed by atoms with van der Waals surface area (Å²) >= 11 is 0. The number of rotatable bonds is 3. The number of carbonyl (C=O) groups excluding carboxylic acids is 2. The van der Waals surface area contributed by atoms with Gasteiger partial charge in [-0.25, -0.2) is 0 Å². The van der Waals surface area contributed by atoms with Crippen LogP contribution < -0.4 is 0 Å². The molecule has 0 bridgehead atoms. The highest BCUT2D eigenvalue weighted by Crippen LogP contribution is 2.31. The lowest BCUT2D eigenvalue weighted by Gasteiger charge is -2.29. The van der Waals surface area contributed by atoms with Gasteiger partial charge in [-0.2, -0.15) is 0 Å². The molecule has 4 nitrogen and oxygen atoms in total. The molecule has 1 heterocycles. The Morgan fingerprint density at radius 3 is 2.24 bits per heavy atom. The van der Waals surface area contributed by atoms with Crippen LogP contribution in [0.4, 0.5) is 0 Å². The third kappa shape index (κ3) is 4.72. The summed E-state index contributed by atoms with van der Waals surface area (Å²) in [5.74, 6) is 1.66. The van der Waals surface area contributed by atoms with Crippen LogP contribution in [0.3, 0.4) is 0 Å². The fraction of sp³-hybridized carbons (Fsp3) is 0.882. The van der Waals surface area contributed by atoms with E-state index in [1.165, 1.54) is 32.1 Å². The molecule has 21 heavy (non-hydrogen) atoms. The molecule has 0 aromatic rings. The van der Waals surface area contributed by atoms with Crippen LogP contribution in [-0.2, 0) is 9.59 Å². The summed E-state index contributed by atoms with van der Waals surface area (Å²) in [6, 6.07) is 0. The molecule has 0 N–H and O–H groups in total. The van der Waals surface area contributed by atoms with E-state index < -0.39 is 0 Å². The lowest BCUT2D eigenvalue weighted by molar-refractivity contribution is -0.133. The van der Waals surface area contributed by atoms with Crippen molar-refractivity contribution in [1.82, 2.24) is 9.80 Å². The van der Waals surface area contributed by atoms with Gasteiger partial charge in [0.1, 0.15) is 0 Å². The second-order valence-corrected chi connectivity index (χ2v) is 6.82. The molecular formula is C17H30N2O2. The Labute approximate surface area is 128 Å². The number of amides is 2. The number of hydrogen-bond acceptors (Lipinski definition) is 2. The van der Waals surface area contributed by atoms with E-state index in [2.05, 4.69) is 6.92 Å². The third-order valence-corrected chi connectivity index (χ3v) is 5.25. The van der Waals surface area contributed by atoms with E-state index >= 15 is 0 Å². The standard InChI is InChI=1S/C17H30N2O2/c1-14(16-7-4-3-5-8-16)13-17(21)19-10-6-9-18(11-12-19)15(2)20/h14,16H,3-13H2,1-2H3. The van der Waals surface area contributed by atoms with Crippen molar-refractivity contribution in [3.8, 4) is 0 Å². The fourth-order valence-electron chi connectivity index (χ4n) is 3.76. The highest BCUT2D eigenvalue weighted by molar-refractivity contribution is 5.77. The van der Waals surface area contributed by atoms with E-state index in [4.69, 9.17) is 0 Å². The second kappa shape index (κ2) is 7.81. The molecule has 2 rings (SSSR count). The zero-order valence-electron chi connectivity index (χ0n) is 13.6. The number of hydrogen-bond donors (Lipinski definition) is 0. The predicted octanol–water partition coefficient (Wildman–Crippen LogP) is 2.67. The molecule has 1 atom stereocenters. The Morgan fingerprint density at radius 2 is 1.57 bits per heavy atom. The molecule has 1 saturated heterocycles. The van der Waals surface area contributed by atoms with Gasteiger partial charge in [0.15, 0.2) is 0 Å². The molecule has 1 aliphatic carbocycles. The first-order valence-electron chi connectivity index (χ1n) is 8.61. The lowest BCUT2D eigenvalue weighted by atomic mass is 9.79. The molecule has 2 fully saturated rings. The van der Waals surface area contributed by atoms with Crippen molar-refractivity contribution in [2.75, 3.05) is 26.2 Å². The Kier molecular flexibility index (Phi) is 6.07. The normalized spacial score (nSPS) is 22.8. The van der Waals surface area contributed by atoms with Crippen molar-refractivity contribution in [1.29, 1.82) is 0 Å². The van der Waals surface area contributed by atoms with Gasteiger partial charge in [0.25, 0.3) is 0 Å². The molecule has 2 aliphatic rings. The van der Waals surface area contributed by atoms with Gasteiger partial charge in [0, 0.05) is 39.5 Å². The van der Waals surface area contributed by atoms with Crippen molar-refractivity contribution in [3.63, 3.8) is 0 Å². The van der Waals surface area contributed by atoms with E-state index in [1.54, 1.807) is 6.92 Å².